The summed E-state index contributed by atoms with van der Waals surface area (Å²) >= 11 is 1.67. The minimum atomic E-state index is 0.0248. The Hall–Kier alpha value is -1.73. The topological polar surface area (TPSA) is 67.2 Å². The van der Waals surface area contributed by atoms with Gasteiger partial charge in [-0.05, 0) is 50.6 Å². The van der Waals surface area contributed by atoms with Crippen LogP contribution in [0.5, 0.6) is 0 Å². The van der Waals surface area contributed by atoms with E-state index in [9.17, 15) is 9.59 Å². The normalized spacial score (nSPS) is 19.4. The Morgan fingerprint density at radius 2 is 2.26 bits per heavy atom. The van der Waals surface area contributed by atoms with Crippen LogP contribution in [0, 0.1) is 0 Å². The summed E-state index contributed by atoms with van der Waals surface area (Å²) in [5.41, 5.74) is 1.24. The maximum absolute atomic E-state index is 13.0. The molecule has 2 aromatic heterocycles. The van der Waals surface area contributed by atoms with Crippen LogP contribution in [0.15, 0.2) is 11.1 Å². The van der Waals surface area contributed by atoms with Crippen molar-refractivity contribution in [3.8, 4) is 0 Å². The summed E-state index contributed by atoms with van der Waals surface area (Å²) in [4.78, 5) is 34.6. The predicted octanol–water partition coefficient (Wildman–Crippen LogP) is 2.33. The van der Waals surface area contributed by atoms with Gasteiger partial charge in [-0.1, -0.05) is 6.92 Å². The lowest BCUT2D eigenvalue weighted by molar-refractivity contribution is -0.133. The molecule has 6 nitrogen and oxygen atoms in total. The molecule has 3 heterocycles. The number of carbonyl (C=O) groups is 1. The van der Waals surface area contributed by atoms with Crippen LogP contribution in [0.1, 0.15) is 49.5 Å². The van der Waals surface area contributed by atoms with Gasteiger partial charge in [0.2, 0.25) is 5.91 Å². The minimum absolute atomic E-state index is 0.0248. The highest BCUT2D eigenvalue weighted by Gasteiger charge is 2.26. The highest BCUT2D eigenvalue weighted by Crippen LogP contribution is 2.33. The second-order valence-corrected chi connectivity index (χ2v) is 8.70. The summed E-state index contributed by atoms with van der Waals surface area (Å²) in [6.45, 7) is 5.15. The van der Waals surface area contributed by atoms with Crippen molar-refractivity contribution in [2.45, 2.75) is 64.5 Å². The second kappa shape index (κ2) is 8.10. The number of amides is 1. The molecule has 1 fully saturated rings. The van der Waals surface area contributed by atoms with E-state index in [2.05, 4.69) is 17.2 Å². The van der Waals surface area contributed by atoms with Gasteiger partial charge in [-0.3, -0.25) is 14.2 Å². The molecule has 1 aliphatic heterocycles. The average molecular weight is 389 g/mol. The Balaban J connectivity index is 1.52. The third-order valence-corrected chi connectivity index (χ3v) is 6.97. The molecule has 1 amide bonds. The fourth-order valence-corrected chi connectivity index (χ4v) is 5.58. The van der Waals surface area contributed by atoms with E-state index in [0.29, 0.717) is 19.0 Å². The molecule has 0 spiro atoms. The Labute approximate surface area is 163 Å². The number of nitrogens with one attached hydrogen (secondary N) is 1. The van der Waals surface area contributed by atoms with E-state index in [4.69, 9.17) is 0 Å². The van der Waals surface area contributed by atoms with Gasteiger partial charge >= 0.3 is 0 Å². The molecule has 0 aromatic carbocycles. The van der Waals surface area contributed by atoms with Gasteiger partial charge in [-0.15, -0.1) is 11.3 Å². The molecule has 0 saturated carbocycles. The van der Waals surface area contributed by atoms with Crippen LogP contribution < -0.4 is 10.9 Å². The van der Waals surface area contributed by atoms with Gasteiger partial charge in [0.1, 0.15) is 4.83 Å². The van der Waals surface area contributed by atoms with E-state index in [1.54, 1.807) is 22.2 Å². The predicted molar refractivity (Wildman–Crippen MR) is 108 cm³/mol. The van der Waals surface area contributed by atoms with Crippen molar-refractivity contribution in [2.75, 3.05) is 19.6 Å². The molecular weight excluding hydrogens is 360 g/mol. The van der Waals surface area contributed by atoms with Crippen LogP contribution >= 0.6 is 11.3 Å². The molecule has 2 aliphatic rings. The first kappa shape index (κ1) is 18.6. The molecule has 1 unspecified atom stereocenters. The highest BCUT2D eigenvalue weighted by atomic mass is 32.1. The van der Waals surface area contributed by atoms with Crippen molar-refractivity contribution in [1.82, 2.24) is 19.8 Å². The van der Waals surface area contributed by atoms with Crippen LogP contribution in [0.25, 0.3) is 10.2 Å². The maximum atomic E-state index is 13.0. The second-order valence-electron chi connectivity index (χ2n) is 7.62. The van der Waals surface area contributed by atoms with Crippen LogP contribution in [0.2, 0.25) is 0 Å². The molecule has 7 heteroatoms. The molecule has 0 bridgehead atoms. The van der Waals surface area contributed by atoms with Crippen molar-refractivity contribution in [3.05, 3.63) is 27.1 Å². The van der Waals surface area contributed by atoms with Gasteiger partial charge in [-0.2, -0.15) is 0 Å². The first-order chi connectivity index (χ1) is 13.2. The average Bonchev–Trinajstić information content (AvgIpc) is 3.33. The van der Waals surface area contributed by atoms with E-state index in [0.717, 1.165) is 62.0 Å². The zero-order valence-corrected chi connectivity index (χ0v) is 16.8. The standard InChI is InChI=1S/C20H28N4O2S/c1-2-10-24(14-7-9-21-12-14)17(25)8-11-23-13-22-19-18(20(23)26)15-5-3-4-6-16(15)27-19/h13-14,21H,2-12H2,1H3. The summed E-state index contributed by atoms with van der Waals surface area (Å²) < 4.78 is 1.64. The van der Waals surface area contributed by atoms with E-state index in [-0.39, 0.29) is 11.5 Å². The molecule has 2 aromatic rings. The molecule has 1 aliphatic carbocycles. The number of rotatable bonds is 6. The lowest BCUT2D eigenvalue weighted by Gasteiger charge is -2.28. The largest absolute Gasteiger partial charge is 0.338 e. The maximum Gasteiger partial charge on any atom is 0.262 e. The van der Waals surface area contributed by atoms with Crippen LogP contribution in [0.4, 0.5) is 0 Å². The van der Waals surface area contributed by atoms with E-state index in [1.165, 1.54) is 16.9 Å². The fourth-order valence-electron chi connectivity index (χ4n) is 4.36. The number of fused-ring (bicyclic) bond motifs is 3. The first-order valence-electron chi connectivity index (χ1n) is 10.2. The zero-order valence-electron chi connectivity index (χ0n) is 16.0. The summed E-state index contributed by atoms with van der Waals surface area (Å²) in [5.74, 6) is 0.143. The summed E-state index contributed by atoms with van der Waals surface area (Å²) in [7, 11) is 0. The number of aryl methyl sites for hydroxylation is 3. The third kappa shape index (κ3) is 3.67. The van der Waals surface area contributed by atoms with Crippen molar-refractivity contribution >= 4 is 27.5 Å². The Kier molecular flexibility index (Phi) is 5.59. The monoisotopic (exact) mass is 388 g/mol. The van der Waals surface area contributed by atoms with Crippen molar-refractivity contribution < 1.29 is 4.79 Å². The van der Waals surface area contributed by atoms with Gasteiger partial charge in [0.05, 0.1) is 11.7 Å². The molecule has 0 radical (unpaired) electrons. The number of thiophene rings is 1. The van der Waals surface area contributed by atoms with Gasteiger partial charge in [-0.25, -0.2) is 4.98 Å². The summed E-state index contributed by atoms with van der Waals surface area (Å²) in [5, 5.41) is 4.14. The lowest BCUT2D eigenvalue weighted by atomic mass is 9.97. The van der Waals surface area contributed by atoms with E-state index >= 15 is 0 Å². The number of hydrogen-bond donors (Lipinski definition) is 1. The highest BCUT2D eigenvalue weighted by molar-refractivity contribution is 7.18. The third-order valence-electron chi connectivity index (χ3n) is 5.77. The van der Waals surface area contributed by atoms with Gasteiger partial charge < -0.3 is 10.2 Å². The Morgan fingerprint density at radius 3 is 3.04 bits per heavy atom. The van der Waals surface area contributed by atoms with E-state index in [1.807, 2.05) is 4.90 Å². The number of nitrogens with zero attached hydrogens (tertiary/aromatic N) is 3. The molecule has 4 rings (SSSR count). The van der Waals surface area contributed by atoms with Crippen molar-refractivity contribution in [1.29, 1.82) is 0 Å². The first-order valence-corrected chi connectivity index (χ1v) is 11.0. The van der Waals surface area contributed by atoms with E-state index < -0.39 is 0 Å². The van der Waals surface area contributed by atoms with Crippen molar-refractivity contribution in [2.24, 2.45) is 0 Å². The Bertz CT molecular complexity index is 882. The van der Waals surface area contributed by atoms with Gasteiger partial charge in [0.25, 0.3) is 5.56 Å². The summed E-state index contributed by atoms with van der Waals surface area (Å²) in [6, 6.07) is 0.290. The SMILES string of the molecule is CCCN(C(=O)CCn1cnc2sc3c(c2c1=O)CCCC3)C1CCNC1. The minimum Gasteiger partial charge on any atom is -0.338 e. The molecule has 27 heavy (non-hydrogen) atoms. The van der Waals surface area contributed by atoms with Gasteiger partial charge in [0, 0.05) is 37.0 Å². The van der Waals surface area contributed by atoms with Crippen molar-refractivity contribution in [3.63, 3.8) is 0 Å². The number of hydrogen-bond acceptors (Lipinski definition) is 5. The summed E-state index contributed by atoms with van der Waals surface area (Å²) in [6.07, 6.45) is 8.34. The molecule has 1 N–H and O–H groups in total. The molecular formula is C20H28N4O2S. The quantitative estimate of drug-likeness (QED) is 0.825. The molecule has 146 valence electrons. The lowest BCUT2D eigenvalue weighted by Crippen LogP contribution is -2.42. The van der Waals surface area contributed by atoms with Gasteiger partial charge in [0.15, 0.2) is 0 Å². The molecule has 1 saturated heterocycles. The number of carbonyl (C=O) groups excluding carboxylic acids is 1. The Morgan fingerprint density at radius 1 is 1.41 bits per heavy atom. The van der Waals surface area contributed by atoms with Crippen LogP contribution in [-0.2, 0) is 24.2 Å². The zero-order chi connectivity index (χ0) is 18.8. The fraction of sp³-hybridized carbons (Fsp3) is 0.650. The number of aromatic nitrogens is 2. The van der Waals surface area contributed by atoms with Crippen LogP contribution in [0.3, 0.4) is 0 Å². The smallest absolute Gasteiger partial charge is 0.262 e. The molecule has 1 atom stereocenters. The van der Waals surface area contributed by atoms with Crippen LogP contribution in [-0.4, -0.2) is 46.0 Å².